The molecule has 3 rings (SSSR count). The quantitative estimate of drug-likeness (QED) is 0.891. The van der Waals surface area contributed by atoms with Crippen LogP contribution in [0.2, 0.25) is 0 Å². The fourth-order valence-corrected chi connectivity index (χ4v) is 3.00. The molecule has 112 valence electrons. The first-order chi connectivity index (χ1) is 10.1. The number of aromatic nitrogens is 5. The van der Waals surface area contributed by atoms with Crippen LogP contribution in [0, 0.1) is 11.8 Å². The standard InChI is InChI=1S/C13H18N6O2/c1-9(5-13(20)21)10-3-2-4-18(8-10)12-7-14-6-11-15-16-17-19(11)12/h6-7,9-10H,2-5,8H2,1H3,(H,20,21). The zero-order valence-corrected chi connectivity index (χ0v) is 11.9. The molecule has 1 aliphatic heterocycles. The molecular weight excluding hydrogens is 272 g/mol. The number of tetrazole rings is 1. The third-order valence-electron chi connectivity index (χ3n) is 4.17. The molecule has 2 atom stereocenters. The Morgan fingerprint density at radius 2 is 2.38 bits per heavy atom. The Balaban J connectivity index is 1.80. The fraction of sp³-hybridized carbons (Fsp3) is 0.615. The molecule has 0 aliphatic carbocycles. The number of hydrogen-bond acceptors (Lipinski definition) is 6. The highest BCUT2D eigenvalue weighted by Crippen LogP contribution is 2.28. The number of carboxylic acid groups (broad SMARTS) is 1. The molecule has 8 heteroatoms. The topological polar surface area (TPSA) is 96.5 Å². The Morgan fingerprint density at radius 3 is 3.19 bits per heavy atom. The van der Waals surface area contributed by atoms with Crippen LogP contribution in [0.4, 0.5) is 5.82 Å². The maximum Gasteiger partial charge on any atom is 0.303 e. The van der Waals surface area contributed by atoms with Gasteiger partial charge in [0.05, 0.1) is 12.4 Å². The van der Waals surface area contributed by atoms with Gasteiger partial charge in [-0.1, -0.05) is 6.92 Å². The number of piperidine rings is 1. The fourth-order valence-electron chi connectivity index (χ4n) is 3.00. The van der Waals surface area contributed by atoms with Crippen molar-refractivity contribution in [3.05, 3.63) is 12.4 Å². The molecule has 8 nitrogen and oxygen atoms in total. The molecule has 1 N–H and O–H groups in total. The summed E-state index contributed by atoms with van der Waals surface area (Å²) in [4.78, 5) is 17.3. The Labute approximate surface area is 121 Å². The second kappa shape index (κ2) is 5.63. The second-order valence-electron chi connectivity index (χ2n) is 5.64. The van der Waals surface area contributed by atoms with E-state index in [1.165, 1.54) is 0 Å². The average Bonchev–Trinajstić information content (AvgIpc) is 2.95. The SMILES string of the molecule is CC(CC(=O)O)C1CCCN(c2cncc3nnnn23)C1. The van der Waals surface area contributed by atoms with Crippen molar-refractivity contribution in [1.82, 2.24) is 25.0 Å². The van der Waals surface area contributed by atoms with Crippen molar-refractivity contribution in [2.24, 2.45) is 11.8 Å². The van der Waals surface area contributed by atoms with Crippen molar-refractivity contribution in [3.8, 4) is 0 Å². The van der Waals surface area contributed by atoms with E-state index >= 15 is 0 Å². The highest BCUT2D eigenvalue weighted by Gasteiger charge is 2.27. The van der Waals surface area contributed by atoms with Crippen LogP contribution in [0.3, 0.4) is 0 Å². The molecule has 0 spiro atoms. The van der Waals surface area contributed by atoms with Crippen molar-refractivity contribution in [1.29, 1.82) is 0 Å². The largest absolute Gasteiger partial charge is 0.481 e. The van der Waals surface area contributed by atoms with Crippen LogP contribution >= 0.6 is 0 Å². The van der Waals surface area contributed by atoms with E-state index in [0.717, 1.165) is 31.7 Å². The van der Waals surface area contributed by atoms with E-state index in [2.05, 4.69) is 25.4 Å². The second-order valence-corrected chi connectivity index (χ2v) is 5.64. The van der Waals surface area contributed by atoms with Gasteiger partial charge >= 0.3 is 5.97 Å². The summed E-state index contributed by atoms with van der Waals surface area (Å²) >= 11 is 0. The summed E-state index contributed by atoms with van der Waals surface area (Å²) in [5, 5.41) is 20.5. The van der Waals surface area contributed by atoms with Gasteiger partial charge in [-0.15, -0.1) is 5.10 Å². The van der Waals surface area contributed by atoms with Gasteiger partial charge in [-0.2, -0.15) is 4.52 Å². The van der Waals surface area contributed by atoms with Gasteiger partial charge in [0.2, 0.25) is 0 Å². The smallest absolute Gasteiger partial charge is 0.303 e. The van der Waals surface area contributed by atoms with Crippen LogP contribution in [0.15, 0.2) is 12.4 Å². The molecule has 2 aromatic rings. The zero-order chi connectivity index (χ0) is 14.8. The van der Waals surface area contributed by atoms with Gasteiger partial charge in [0.15, 0.2) is 11.5 Å². The third kappa shape index (κ3) is 2.79. The summed E-state index contributed by atoms with van der Waals surface area (Å²) in [6.45, 7) is 3.74. The Hall–Kier alpha value is -2.25. The molecule has 0 aromatic carbocycles. The molecule has 21 heavy (non-hydrogen) atoms. The molecule has 3 heterocycles. The number of carbonyl (C=O) groups is 1. The van der Waals surface area contributed by atoms with Gasteiger partial charge in [-0.05, 0) is 35.1 Å². The number of hydrogen-bond donors (Lipinski definition) is 1. The van der Waals surface area contributed by atoms with Gasteiger partial charge in [-0.25, -0.2) is 0 Å². The monoisotopic (exact) mass is 290 g/mol. The molecule has 0 saturated carbocycles. The Kier molecular flexibility index (Phi) is 3.68. The minimum atomic E-state index is -0.733. The van der Waals surface area contributed by atoms with Crippen LogP contribution in [-0.4, -0.2) is 49.2 Å². The summed E-state index contributed by atoms with van der Waals surface area (Å²) in [6.07, 6.45) is 5.69. The molecular formula is C13H18N6O2. The molecule has 0 radical (unpaired) electrons. The zero-order valence-electron chi connectivity index (χ0n) is 11.9. The van der Waals surface area contributed by atoms with Gasteiger partial charge in [0.25, 0.3) is 0 Å². The minimum Gasteiger partial charge on any atom is -0.481 e. The van der Waals surface area contributed by atoms with Gasteiger partial charge < -0.3 is 10.0 Å². The number of aliphatic carboxylic acids is 1. The van der Waals surface area contributed by atoms with Crippen molar-refractivity contribution in [2.75, 3.05) is 18.0 Å². The summed E-state index contributed by atoms with van der Waals surface area (Å²) in [7, 11) is 0. The van der Waals surface area contributed by atoms with E-state index in [-0.39, 0.29) is 12.3 Å². The van der Waals surface area contributed by atoms with E-state index in [9.17, 15) is 4.79 Å². The lowest BCUT2D eigenvalue weighted by Crippen LogP contribution is -2.39. The maximum absolute atomic E-state index is 10.9. The number of anilines is 1. The van der Waals surface area contributed by atoms with E-state index in [1.54, 1.807) is 16.9 Å². The maximum atomic E-state index is 10.9. The average molecular weight is 290 g/mol. The van der Waals surface area contributed by atoms with E-state index < -0.39 is 5.97 Å². The number of carboxylic acids is 1. The van der Waals surface area contributed by atoms with Crippen molar-refractivity contribution < 1.29 is 9.90 Å². The lowest BCUT2D eigenvalue weighted by Gasteiger charge is -2.36. The van der Waals surface area contributed by atoms with Crippen molar-refractivity contribution in [3.63, 3.8) is 0 Å². The number of fused-ring (bicyclic) bond motifs is 1. The molecule has 0 amide bonds. The summed E-state index contributed by atoms with van der Waals surface area (Å²) < 4.78 is 1.68. The first kappa shape index (κ1) is 13.7. The molecule has 1 fully saturated rings. The van der Waals surface area contributed by atoms with Gasteiger partial charge in [-0.3, -0.25) is 9.78 Å². The highest BCUT2D eigenvalue weighted by atomic mass is 16.4. The third-order valence-corrected chi connectivity index (χ3v) is 4.17. The summed E-state index contributed by atoms with van der Waals surface area (Å²) in [5.74, 6) is 0.654. The van der Waals surface area contributed by atoms with Crippen LogP contribution in [-0.2, 0) is 4.79 Å². The summed E-state index contributed by atoms with van der Waals surface area (Å²) in [5.41, 5.74) is 0.619. The van der Waals surface area contributed by atoms with Crippen LogP contribution in [0.25, 0.3) is 5.65 Å². The molecule has 1 aliphatic rings. The summed E-state index contributed by atoms with van der Waals surface area (Å²) in [6, 6.07) is 0. The Morgan fingerprint density at radius 1 is 1.52 bits per heavy atom. The van der Waals surface area contributed by atoms with Gasteiger partial charge in [0, 0.05) is 19.5 Å². The highest BCUT2D eigenvalue weighted by molar-refractivity contribution is 5.67. The molecule has 2 aromatic heterocycles. The molecule has 2 unspecified atom stereocenters. The lowest BCUT2D eigenvalue weighted by atomic mass is 9.85. The predicted molar refractivity (Wildman–Crippen MR) is 74.9 cm³/mol. The first-order valence-electron chi connectivity index (χ1n) is 7.14. The van der Waals surface area contributed by atoms with Crippen LogP contribution in [0.1, 0.15) is 26.2 Å². The Bertz CT molecular complexity index is 642. The predicted octanol–water partition coefficient (Wildman–Crippen LogP) is 0.846. The lowest BCUT2D eigenvalue weighted by molar-refractivity contribution is -0.138. The molecule has 1 saturated heterocycles. The first-order valence-corrected chi connectivity index (χ1v) is 7.14. The van der Waals surface area contributed by atoms with Crippen molar-refractivity contribution >= 4 is 17.4 Å². The van der Waals surface area contributed by atoms with Crippen LogP contribution in [0.5, 0.6) is 0 Å². The van der Waals surface area contributed by atoms with Gasteiger partial charge in [0.1, 0.15) is 0 Å². The number of nitrogens with zero attached hydrogens (tertiary/aromatic N) is 6. The molecule has 0 bridgehead atoms. The van der Waals surface area contributed by atoms with E-state index in [0.29, 0.717) is 11.6 Å². The van der Waals surface area contributed by atoms with E-state index in [4.69, 9.17) is 5.11 Å². The minimum absolute atomic E-state index is 0.159. The number of rotatable bonds is 4. The van der Waals surface area contributed by atoms with Crippen LogP contribution < -0.4 is 4.90 Å². The van der Waals surface area contributed by atoms with E-state index in [1.807, 2.05) is 6.92 Å². The van der Waals surface area contributed by atoms with Crippen molar-refractivity contribution in [2.45, 2.75) is 26.2 Å². The normalized spacial score (nSPS) is 20.6.